The fraction of sp³-hybridized carbons (Fsp3) is 0.444. The van der Waals surface area contributed by atoms with Crippen LogP contribution in [0.2, 0.25) is 0 Å². The summed E-state index contributed by atoms with van der Waals surface area (Å²) in [7, 11) is 0. The number of aromatic nitrogens is 2. The first-order valence-electron chi connectivity index (χ1n) is 7.93. The van der Waals surface area contributed by atoms with Crippen molar-refractivity contribution >= 4 is 0 Å². The fourth-order valence-corrected chi connectivity index (χ4v) is 3.06. The summed E-state index contributed by atoms with van der Waals surface area (Å²) < 4.78 is 0. The van der Waals surface area contributed by atoms with Crippen molar-refractivity contribution in [1.29, 1.82) is 0 Å². The highest BCUT2D eigenvalue weighted by molar-refractivity contribution is 5.63. The van der Waals surface area contributed by atoms with E-state index in [1.807, 2.05) is 6.92 Å². The van der Waals surface area contributed by atoms with Crippen molar-refractivity contribution in [2.24, 2.45) is 0 Å². The molecule has 0 amide bonds. The maximum Gasteiger partial charge on any atom is 0.254 e. The first-order chi connectivity index (χ1) is 10.2. The number of hydrogen-bond acceptors (Lipinski definition) is 2. The van der Waals surface area contributed by atoms with Crippen LogP contribution in [0, 0.1) is 6.92 Å². The minimum absolute atomic E-state index is 0.0101. The minimum Gasteiger partial charge on any atom is -0.310 e. The Bertz CT molecular complexity index is 739. The summed E-state index contributed by atoms with van der Waals surface area (Å²) in [4.78, 5) is 19.9. The van der Waals surface area contributed by atoms with Crippen LogP contribution in [0.15, 0.2) is 29.1 Å². The Morgan fingerprint density at radius 2 is 1.95 bits per heavy atom. The molecule has 1 aromatic carbocycles. The van der Waals surface area contributed by atoms with Gasteiger partial charge in [0.1, 0.15) is 5.82 Å². The Morgan fingerprint density at radius 3 is 2.62 bits per heavy atom. The molecule has 0 saturated heterocycles. The SMILES string of the molecule is Cc1c(-c2cccc(C3CCC3)c2)nc(C2CC2)[nH]c1=O. The molecular weight excluding hydrogens is 260 g/mol. The van der Waals surface area contributed by atoms with Gasteiger partial charge in [-0.15, -0.1) is 0 Å². The zero-order chi connectivity index (χ0) is 14.4. The van der Waals surface area contributed by atoms with Crippen molar-refractivity contribution in [3.63, 3.8) is 0 Å². The molecule has 3 nitrogen and oxygen atoms in total. The van der Waals surface area contributed by atoms with Crippen LogP contribution in [0.3, 0.4) is 0 Å². The molecule has 2 fully saturated rings. The van der Waals surface area contributed by atoms with Crippen molar-refractivity contribution < 1.29 is 0 Å². The Morgan fingerprint density at radius 1 is 1.14 bits per heavy atom. The van der Waals surface area contributed by atoms with Crippen LogP contribution in [-0.4, -0.2) is 9.97 Å². The first-order valence-corrected chi connectivity index (χ1v) is 7.93. The molecule has 2 saturated carbocycles. The van der Waals surface area contributed by atoms with Gasteiger partial charge in [-0.3, -0.25) is 4.79 Å². The molecule has 2 aliphatic carbocycles. The van der Waals surface area contributed by atoms with Gasteiger partial charge >= 0.3 is 0 Å². The van der Waals surface area contributed by atoms with E-state index in [0.29, 0.717) is 11.8 Å². The molecule has 2 aliphatic rings. The van der Waals surface area contributed by atoms with Gasteiger partial charge < -0.3 is 4.98 Å². The highest BCUT2D eigenvalue weighted by Gasteiger charge is 2.27. The molecule has 1 N–H and O–H groups in total. The summed E-state index contributed by atoms with van der Waals surface area (Å²) in [6, 6.07) is 8.61. The molecule has 0 unspecified atom stereocenters. The van der Waals surface area contributed by atoms with Gasteiger partial charge in [0, 0.05) is 17.0 Å². The molecule has 3 heteroatoms. The zero-order valence-corrected chi connectivity index (χ0v) is 12.4. The standard InChI is InChI=1S/C18H20N2O/c1-11-16(19-17(13-8-9-13)20-18(11)21)15-7-3-6-14(10-15)12-4-2-5-12/h3,6-7,10,12-13H,2,4-5,8-9H2,1H3,(H,19,20,21). The van der Waals surface area contributed by atoms with Crippen LogP contribution in [0.25, 0.3) is 11.3 Å². The smallest absolute Gasteiger partial charge is 0.254 e. The Kier molecular flexibility index (Phi) is 2.95. The molecule has 0 bridgehead atoms. The van der Waals surface area contributed by atoms with Crippen molar-refractivity contribution in [3.8, 4) is 11.3 Å². The van der Waals surface area contributed by atoms with Crippen molar-refractivity contribution in [3.05, 3.63) is 51.6 Å². The number of H-pyrrole nitrogens is 1. The molecule has 0 spiro atoms. The molecule has 108 valence electrons. The third-order valence-corrected chi connectivity index (χ3v) is 4.87. The van der Waals surface area contributed by atoms with E-state index in [1.54, 1.807) is 0 Å². The van der Waals surface area contributed by atoms with E-state index in [9.17, 15) is 4.79 Å². The average Bonchev–Trinajstić information content (AvgIpc) is 3.24. The molecule has 21 heavy (non-hydrogen) atoms. The maximum absolute atomic E-state index is 12.2. The van der Waals surface area contributed by atoms with Crippen molar-refractivity contribution in [2.45, 2.75) is 50.9 Å². The molecule has 0 aliphatic heterocycles. The first kappa shape index (κ1) is 12.8. The van der Waals surface area contributed by atoms with E-state index in [0.717, 1.165) is 35.5 Å². The number of aromatic amines is 1. The van der Waals surface area contributed by atoms with E-state index in [1.165, 1.54) is 24.8 Å². The lowest BCUT2D eigenvalue weighted by Gasteiger charge is -2.26. The van der Waals surface area contributed by atoms with Crippen LogP contribution in [0.5, 0.6) is 0 Å². The van der Waals surface area contributed by atoms with Crippen LogP contribution in [0.4, 0.5) is 0 Å². The second-order valence-electron chi connectivity index (χ2n) is 6.45. The average molecular weight is 280 g/mol. The molecule has 1 aromatic heterocycles. The quantitative estimate of drug-likeness (QED) is 0.927. The lowest BCUT2D eigenvalue weighted by Crippen LogP contribution is -2.16. The summed E-state index contributed by atoms with van der Waals surface area (Å²) in [5, 5.41) is 0. The predicted molar refractivity (Wildman–Crippen MR) is 83.6 cm³/mol. The van der Waals surface area contributed by atoms with E-state index < -0.39 is 0 Å². The molecule has 1 heterocycles. The maximum atomic E-state index is 12.2. The summed E-state index contributed by atoms with van der Waals surface area (Å²) >= 11 is 0. The van der Waals surface area contributed by atoms with E-state index in [4.69, 9.17) is 4.98 Å². The number of nitrogens with one attached hydrogen (secondary N) is 1. The van der Waals surface area contributed by atoms with Crippen molar-refractivity contribution in [1.82, 2.24) is 9.97 Å². The number of nitrogens with zero attached hydrogens (tertiary/aromatic N) is 1. The fourth-order valence-electron chi connectivity index (χ4n) is 3.06. The summed E-state index contributed by atoms with van der Waals surface area (Å²) in [6.07, 6.45) is 6.21. The monoisotopic (exact) mass is 280 g/mol. The zero-order valence-electron chi connectivity index (χ0n) is 12.4. The molecule has 0 atom stereocenters. The second-order valence-corrected chi connectivity index (χ2v) is 6.45. The van der Waals surface area contributed by atoms with Gasteiger partial charge in [0.05, 0.1) is 5.69 Å². The molecule has 0 radical (unpaired) electrons. The highest BCUT2D eigenvalue weighted by atomic mass is 16.1. The third-order valence-electron chi connectivity index (χ3n) is 4.87. The van der Waals surface area contributed by atoms with E-state index in [2.05, 4.69) is 29.2 Å². The molecular formula is C18H20N2O. The Labute approximate surface area is 124 Å². The third kappa shape index (κ3) is 2.31. The highest BCUT2D eigenvalue weighted by Crippen LogP contribution is 2.39. The second kappa shape index (κ2) is 4.83. The lowest BCUT2D eigenvalue weighted by molar-refractivity contribution is 0.420. The van der Waals surface area contributed by atoms with E-state index in [-0.39, 0.29) is 5.56 Å². The van der Waals surface area contributed by atoms with Gasteiger partial charge in [-0.1, -0.05) is 24.6 Å². The van der Waals surface area contributed by atoms with Crippen LogP contribution in [0.1, 0.15) is 60.9 Å². The van der Waals surface area contributed by atoms with Gasteiger partial charge in [0.25, 0.3) is 5.56 Å². The van der Waals surface area contributed by atoms with Crippen LogP contribution < -0.4 is 5.56 Å². The normalized spacial score (nSPS) is 18.5. The summed E-state index contributed by atoms with van der Waals surface area (Å²) in [6.45, 7) is 1.87. The van der Waals surface area contributed by atoms with Gasteiger partial charge in [-0.2, -0.15) is 0 Å². The Balaban J connectivity index is 1.80. The van der Waals surface area contributed by atoms with Gasteiger partial charge in [-0.25, -0.2) is 4.98 Å². The predicted octanol–water partition coefficient (Wildman–Crippen LogP) is 3.89. The lowest BCUT2D eigenvalue weighted by atomic mass is 9.79. The topological polar surface area (TPSA) is 45.8 Å². The summed E-state index contributed by atoms with van der Waals surface area (Å²) in [5.74, 6) is 2.04. The molecule has 2 aromatic rings. The number of benzene rings is 1. The van der Waals surface area contributed by atoms with Gasteiger partial charge in [0.2, 0.25) is 0 Å². The van der Waals surface area contributed by atoms with Gasteiger partial charge in [0.15, 0.2) is 0 Å². The molecule has 4 rings (SSSR count). The van der Waals surface area contributed by atoms with E-state index >= 15 is 0 Å². The largest absolute Gasteiger partial charge is 0.310 e. The minimum atomic E-state index is 0.0101. The number of rotatable bonds is 3. The van der Waals surface area contributed by atoms with Crippen LogP contribution in [-0.2, 0) is 0 Å². The van der Waals surface area contributed by atoms with Crippen molar-refractivity contribution in [2.75, 3.05) is 0 Å². The van der Waals surface area contributed by atoms with Crippen LogP contribution >= 0.6 is 0 Å². The number of hydrogen-bond donors (Lipinski definition) is 1. The summed E-state index contributed by atoms with van der Waals surface area (Å²) in [5.41, 5.74) is 4.08. The van der Waals surface area contributed by atoms with Gasteiger partial charge in [-0.05, 0) is 50.2 Å². The Hall–Kier alpha value is -1.90.